The van der Waals surface area contributed by atoms with Crippen LogP contribution >= 0.6 is 0 Å². The van der Waals surface area contributed by atoms with Crippen LogP contribution in [0.15, 0.2) is 42.6 Å². The fourth-order valence-electron chi connectivity index (χ4n) is 1.92. The molecule has 23 heavy (non-hydrogen) atoms. The summed E-state index contributed by atoms with van der Waals surface area (Å²) < 4.78 is 0. The Kier molecular flexibility index (Phi) is 5.30. The van der Waals surface area contributed by atoms with E-state index in [4.69, 9.17) is 0 Å². The molecule has 0 saturated heterocycles. The van der Waals surface area contributed by atoms with Gasteiger partial charge in [0.2, 0.25) is 0 Å². The lowest BCUT2D eigenvalue weighted by atomic mass is 10.1. The summed E-state index contributed by atoms with van der Waals surface area (Å²) in [6.45, 7) is 2.45. The predicted molar refractivity (Wildman–Crippen MR) is 89.3 cm³/mol. The first kappa shape index (κ1) is 16.5. The van der Waals surface area contributed by atoms with Crippen molar-refractivity contribution in [3.8, 4) is 0 Å². The molecule has 2 rings (SSSR count). The van der Waals surface area contributed by atoms with Crippen LogP contribution in [0.5, 0.6) is 0 Å². The highest BCUT2D eigenvalue weighted by atomic mass is 16.2. The van der Waals surface area contributed by atoms with Gasteiger partial charge in [0.1, 0.15) is 5.69 Å². The van der Waals surface area contributed by atoms with Crippen molar-refractivity contribution in [1.29, 1.82) is 0 Å². The summed E-state index contributed by atoms with van der Waals surface area (Å²) in [6, 6.07) is 10.8. The topological polar surface area (TPSA) is 74.3 Å². The second kappa shape index (κ2) is 7.40. The molecule has 1 aromatic heterocycles. The molecular formula is C17H20N4O2. The molecule has 6 heteroatoms. The van der Waals surface area contributed by atoms with Crippen LogP contribution < -0.4 is 10.6 Å². The number of nitrogens with one attached hydrogen (secondary N) is 2. The molecule has 0 aliphatic rings. The third-order valence-electron chi connectivity index (χ3n) is 3.22. The van der Waals surface area contributed by atoms with Gasteiger partial charge in [-0.2, -0.15) is 0 Å². The van der Waals surface area contributed by atoms with Crippen molar-refractivity contribution in [2.45, 2.75) is 13.5 Å². The molecule has 0 atom stereocenters. The average molecular weight is 312 g/mol. The Morgan fingerprint density at radius 3 is 2.48 bits per heavy atom. The lowest BCUT2D eigenvalue weighted by molar-refractivity contribution is 0.0822. The molecule has 3 amide bonds. The van der Waals surface area contributed by atoms with Gasteiger partial charge in [-0.15, -0.1) is 0 Å². The third-order valence-corrected chi connectivity index (χ3v) is 3.22. The Morgan fingerprint density at radius 2 is 1.83 bits per heavy atom. The zero-order valence-corrected chi connectivity index (χ0v) is 13.5. The van der Waals surface area contributed by atoms with Gasteiger partial charge in [0.05, 0.1) is 0 Å². The highest BCUT2D eigenvalue weighted by Crippen LogP contribution is 2.09. The summed E-state index contributed by atoms with van der Waals surface area (Å²) in [5.74, 6) is -0.214. The first-order valence-electron chi connectivity index (χ1n) is 7.24. The van der Waals surface area contributed by atoms with Crippen molar-refractivity contribution in [2.75, 3.05) is 19.4 Å². The minimum Gasteiger partial charge on any atom is -0.343 e. The first-order chi connectivity index (χ1) is 11.0. The molecular weight excluding hydrogens is 292 g/mol. The summed E-state index contributed by atoms with van der Waals surface area (Å²) in [5, 5.41) is 5.47. The van der Waals surface area contributed by atoms with Gasteiger partial charge in [-0.05, 0) is 24.6 Å². The zero-order chi connectivity index (χ0) is 16.8. The smallest absolute Gasteiger partial charge is 0.319 e. The molecule has 2 aromatic rings. The number of aromatic nitrogens is 1. The molecule has 0 bridgehead atoms. The molecule has 0 radical (unpaired) electrons. The van der Waals surface area contributed by atoms with E-state index in [-0.39, 0.29) is 17.6 Å². The number of amides is 3. The van der Waals surface area contributed by atoms with Crippen LogP contribution in [0.4, 0.5) is 10.5 Å². The maximum Gasteiger partial charge on any atom is 0.319 e. The van der Waals surface area contributed by atoms with E-state index in [1.54, 1.807) is 26.2 Å². The summed E-state index contributed by atoms with van der Waals surface area (Å²) in [6.07, 6.45) is 1.49. The number of hydrogen-bond donors (Lipinski definition) is 2. The standard InChI is InChI=1S/C17H20N4O2/c1-12-4-6-13(7-5-12)11-19-17(23)20-14-8-9-18-15(10-14)16(22)21(2)3/h4-10H,11H2,1-3H3,(H2,18,19,20,23). The number of rotatable bonds is 4. The number of benzene rings is 1. The second-order valence-corrected chi connectivity index (χ2v) is 5.42. The summed E-state index contributed by atoms with van der Waals surface area (Å²) >= 11 is 0. The number of carbonyl (C=O) groups excluding carboxylic acids is 2. The molecule has 0 unspecified atom stereocenters. The van der Waals surface area contributed by atoms with Crippen molar-refractivity contribution in [2.24, 2.45) is 0 Å². The monoisotopic (exact) mass is 312 g/mol. The highest BCUT2D eigenvalue weighted by Gasteiger charge is 2.10. The first-order valence-corrected chi connectivity index (χ1v) is 7.24. The molecule has 1 heterocycles. The Labute approximate surface area is 135 Å². The Hall–Kier alpha value is -2.89. The second-order valence-electron chi connectivity index (χ2n) is 5.42. The van der Waals surface area contributed by atoms with Crippen molar-refractivity contribution < 1.29 is 9.59 Å². The molecule has 0 spiro atoms. The van der Waals surface area contributed by atoms with Crippen LogP contribution in [-0.2, 0) is 6.54 Å². The number of anilines is 1. The average Bonchev–Trinajstić information content (AvgIpc) is 2.53. The number of urea groups is 1. The third kappa shape index (κ3) is 4.81. The quantitative estimate of drug-likeness (QED) is 0.910. The minimum absolute atomic E-state index is 0.214. The number of aryl methyl sites for hydroxylation is 1. The molecule has 6 nitrogen and oxygen atoms in total. The van der Waals surface area contributed by atoms with Gasteiger partial charge in [-0.1, -0.05) is 29.8 Å². The van der Waals surface area contributed by atoms with Gasteiger partial charge in [0.25, 0.3) is 5.91 Å². The summed E-state index contributed by atoms with van der Waals surface area (Å²) in [7, 11) is 3.30. The van der Waals surface area contributed by atoms with Crippen LogP contribution in [0.25, 0.3) is 0 Å². The Balaban J connectivity index is 1.93. The van der Waals surface area contributed by atoms with Gasteiger partial charge in [-0.3, -0.25) is 9.78 Å². The van der Waals surface area contributed by atoms with Gasteiger partial charge >= 0.3 is 6.03 Å². The Bertz CT molecular complexity index is 696. The molecule has 2 N–H and O–H groups in total. The highest BCUT2D eigenvalue weighted by molar-refractivity contribution is 5.95. The molecule has 0 aliphatic carbocycles. The number of carbonyl (C=O) groups is 2. The van der Waals surface area contributed by atoms with Gasteiger partial charge in [0, 0.05) is 32.5 Å². The fourth-order valence-corrected chi connectivity index (χ4v) is 1.92. The van der Waals surface area contributed by atoms with E-state index in [0.29, 0.717) is 12.2 Å². The van der Waals surface area contributed by atoms with E-state index in [1.807, 2.05) is 31.2 Å². The van der Waals surface area contributed by atoms with Crippen LogP contribution in [0.3, 0.4) is 0 Å². The van der Waals surface area contributed by atoms with E-state index in [9.17, 15) is 9.59 Å². The molecule has 0 aliphatic heterocycles. The normalized spacial score (nSPS) is 10.0. The molecule has 0 fully saturated rings. The number of nitrogens with zero attached hydrogens (tertiary/aromatic N) is 2. The number of pyridine rings is 1. The number of hydrogen-bond acceptors (Lipinski definition) is 3. The lowest BCUT2D eigenvalue weighted by Crippen LogP contribution is -2.28. The van der Waals surface area contributed by atoms with Crippen LogP contribution in [0.1, 0.15) is 21.6 Å². The Morgan fingerprint density at radius 1 is 1.13 bits per heavy atom. The molecule has 0 saturated carbocycles. The summed E-state index contributed by atoms with van der Waals surface area (Å²) in [5.41, 5.74) is 3.00. The van der Waals surface area contributed by atoms with E-state index >= 15 is 0 Å². The van der Waals surface area contributed by atoms with E-state index in [1.165, 1.54) is 16.7 Å². The summed E-state index contributed by atoms with van der Waals surface area (Å²) in [4.78, 5) is 29.2. The largest absolute Gasteiger partial charge is 0.343 e. The van der Waals surface area contributed by atoms with Crippen molar-refractivity contribution in [1.82, 2.24) is 15.2 Å². The van der Waals surface area contributed by atoms with Crippen molar-refractivity contribution in [3.05, 3.63) is 59.4 Å². The maximum absolute atomic E-state index is 11.9. The maximum atomic E-state index is 11.9. The van der Waals surface area contributed by atoms with Gasteiger partial charge in [0.15, 0.2) is 0 Å². The lowest BCUT2D eigenvalue weighted by Gasteiger charge is -2.11. The van der Waals surface area contributed by atoms with E-state index < -0.39 is 0 Å². The molecule has 1 aromatic carbocycles. The van der Waals surface area contributed by atoms with Gasteiger partial charge in [-0.25, -0.2) is 4.79 Å². The zero-order valence-electron chi connectivity index (χ0n) is 13.5. The van der Waals surface area contributed by atoms with Crippen molar-refractivity contribution >= 4 is 17.6 Å². The van der Waals surface area contributed by atoms with E-state index in [2.05, 4.69) is 15.6 Å². The minimum atomic E-state index is -0.333. The van der Waals surface area contributed by atoms with E-state index in [0.717, 1.165) is 5.56 Å². The molecule has 120 valence electrons. The van der Waals surface area contributed by atoms with Crippen LogP contribution in [-0.4, -0.2) is 35.9 Å². The predicted octanol–water partition coefficient (Wildman–Crippen LogP) is 2.41. The van der Waals surface area contributed by atoms with Crippen LogP contribution in [0.2, 0.25) is 0 Å². The fraction of sp³-hybridized carbons (Fsp3) is 0.235. The van der Waals surface area contributed by atoms with Gasteiger partial charge < -0.3 is 15.5 Å². The SMILES string of the molecule is Cc1ccc(CNC(=O)Nc2ccnc(C(=O)N(C)C)c2)cc1. The van der Waals surface area contributed by atoms with Crippen molar-refractivity contribution in [3.63, 3.8) is 0 Å². The van der Waals surface area contributed by atoms with Crippen LogP contribution in [0, 0.1) is 6.92 Å².